The van der Waals surface area contributed by atoms with Crippen molar-refractivity contribution in [1.82, 2.24) is 14.8 Å². The molecule has 2 rings (SSSR count). The Labute approximate surface area is 135 Å². The third-order valence-corrected chi connectivity index (χ3v) is 3.52. The zero-order chi connectivity index (χ0) is 17.2. The predicted octanol–water partition coefficient (Wildman–Crippen LogP) is 0.225. The van der Waals surface area contributed by atoms with Gasteiger partial charge in [-0.15, -0.1) is 9.89 Å². The van der Waals surface area contributed by atoms with E-state index in [0.29, 0.717) is 25.5 Å². The lowest BCUT2D eigenvalue weighted by atomic mass is 10.2. The van der Waals surface area contributed by atoms with E-state index in [1.54, 1.807) is 17.0 Å². The number of aromatic nitrogens is 2. The van der Waals surface area contributed by atoms with E-state index in [0.717, 1.165) is 0 Å². The van der Waals surface area contributed by atoms with Crippen LogP contribution in [0.4, 0.5) is 10.6 Å². The van der Waals surface area contributed by atoms with Gasteiger partial charge >= 0.3 is 6.09 Å². The average molecular weight is 323 g/mol. The molecule has 1 aromatic heterocycles. The van der Waals surface area contributed by atoms with Crippen molar-refractivity contribution in [3.8, 4) is 0 Å². The number of amides is 1. The third-order valence-electron chi connectivity index (χ3n) is 3.52. The molecule has 0 aromatic carbocycles. The Bertz CT molecular complexity index is 622. The molecule has 1 fully saturated rings. The van der Waals surface area contributed by atoms with E-state index in [2.05, 4.69) is 15.5 Å². The van der Waals surface area contributed by atoms with Crippen LogP contribution in [0.25, 0.3) is 0 Å². The number of carbonyl (C=O) groups excluding carboxylic acids is 1. The number of nitrogens with one attached hydrogen (secondary N) is 2. The number of piperazine rings is 1. The molecular weight excluding hydrogens is 298 g/mol. The molecule has 1 amide bonds. The molecule has 2 heterocycles. The van der Waals surface area contributed by atoms with Gasteiger partial charge in [0.2, 0.25) is 0 Å². The highest BCUT2D eigenvalue weighted by atomic mass is 16.6. The van der Waals surface area contributed by atoms with E-state index in [9.17, 15) is 4.79 Å². The van der Waals surface area contributed by atoms with E-state index >= 15 is 0 Å². The summed E-state index contributed by atoms with van der Waals surface area (Å²) in [5.74, 6) is 6.04. The van der Waals surface area contributed by atoms with Gasteiger partial charge in [0.1, 0.15) is 5.60 Å². The minimum absolute atomic E-state index is 0.00429. The molecule has 9 nitrogen and oxygen atoms in total. The first-order valence-corrected chi connectivity index (χ1v) is 7.57. The van der Waals surface area contributed by atoms with E-state index in [1.807, 2.05) is 27.7 Å². The molecule has 1 aromatic rings. The lowest BCUT2D eigenvalue weighted by molar-refractivity contribution is 0.0158. The van der Waals surface area contributed by atoms with Gasteiger partial charge in [-0.1, -0.05) is 0 Å². The number of carbonyl (C=O) groups is 1. The predicted molar refractivity (Wildman–Crippen MR) is 86.2 cm³/mol. The third kappa shape index (κ3) is 4.13. The molecule has 4 N–H and O–H groups in total. The van der Waals surface area contributed by atoms with Crippen molar-refractivity contribution in [2.45, 2.75) is 39.3 Å². The number of hydrazine groups is 1. The number of hydrogen-bond acceptors (Lipinski definition) is 7. The molecule has 0 bridgehead atoms. The summed E-state index contributed by atoms with van der Waals surface area (Å²) in [5, 5.41) is 11.9. The van der Waals surface area contributed by atoms with Crippen LogP contribution >= 0.6 is 0 Å². The van der Waals surface area contributed by atoms with Gasteiger partial charge in [-0.3, -0.25) is 5.41 Å². The second-order valence-electron chi connectivity index (χ2n) is 6.59. The SMILES string of the molecule is C[C@H]1CN(c2ccc(=N)n(NN)n2)CCN1C(=O)OC(C)(C)C. The van der Waals surface area contributed by atoms with Gasteiger partial charge in [0.25, 0.3) is 0 Å². The lowest BCUT2D eigenvalue weighted by Crippen LogP contribution is -2.55. The first-order valence-electron chi connectivity index (χ1n) is 7.57. The van der Waals surface area contributed by atoms with Crippen LogP contribution in [-0.2, 0) is 4.74 Å². The van der Waals surface area contributed by atoms with E-state index in [4.69, 9.17) is 16.0 Å². The zero-order valence-electron chi connectivity index (χ0n) is 14.0. The highest BCUT2D eigenvalue weighted by molar-refractivity contribution is 5.69. The fourth-order valence-corrected chi connectivity index (χ4v) is 2.44. The van der Waals surface area contributed by atoms with Gasteiger partial charge < -0.3 is 14.5 Å². The molecule has 1 saturated heterocycles. The van der Waals surface area contributed by atoms with Gasteiger partial charge in [0.05, 0.1) is 0 Å². The molecular formula is C14H25N7O2. The van der Waals surface area contributed by atoms with Crippen LogP contribution in [-0.4, -0.2) is 52.2 Å². The van der Waals surface area contributed by atoms with Crippen molar-refractivity contribution in [3.63, 3.8) is 0 Å². The molecule has 1 aliphatic heterocycles. The monoisotopic (exact) mass is 323 g/mol. The molecule has 9 heteroatoms. The number of anilines is 1. The maximum Gasteiger partial charge on any atom is 0.410 e. The van der Waals surface area contributed by atoms with Gasteiger partial charge in [-0.25, -0.2) is 16.2 Å². The highest BCUT2D eigenvalue weighted by Crippen LogP contribution is 2.18. The Morgan fingerprint density at radius 3 is 2.70 bits per heavy atom. The van der Waals surface area contributed by atoms with Crippen molar-refractivity contribution in [3.05, 3.63) is 17.6 Å². The molecule has 1 atom stereocenters. The summed E-state index contributed by atoms with van der Waals surface area (Å²) in [5.41, 5.74) is 2.01. The Balaban J connectivity index is 2.06. The number of hydrogen-bond donors (Lipinski definition) is 3. The van der Waals surface area contributed by atoms with Crippen LogP contribution < -0.4 is 21.8 Å². The molecule has 0 radical (unpaired) electrons. The molecule has 0 spiro atoms. The van der Waals surface area contributed by atoms with Crippen LogP contribution in [0, 0.1) is 5.41 Å². The second kappa shape index (κ2) is 6.45. The average Bonchev–Trinajstić information content (AvgIpc) is 2.45. The second-order valence-corrected chi connectivity index (χ2v) is 6.59. The number of ether oxygens (including phenoxy) is 1. The van der Waals surface area contributed by atoms with Crippen LogP contribution in [0.3, 0.4) is 0 Å². The summed E-state index contributed by atoms with van der Waals surface area (Å²) in [7, 11) is 0. The number of nitrogen functional groups attached to an aromatic ring is 1. The number of nitrogens with two attached hydrogens (primary N) is 1. The molecule has 0 unspecified atom stereocenters. The highest BCUT2D eigenvalue weighted by Gasteiger charge is 2.31. The molecule has 0 saturated carbocycles. The van der Waals surface area contributed by atoms with Crippen molar-refractivity contribution in [1.29, 1.82) is 5.41 Å². The van der Waals surface area contributed by atoms with Crippen molar-refractivity contribution < 1.29 is 9.53 Å². The summed E-state index contributed by atoms with van der Waals surface area (Å²) >= 11 is 0. The topological polar surface area (TPSA) is 113 Å². The van der Waals surface area contributed by atoms with Crippen molar-refractivity contribution in [2.75, 3.05) is 30.1 Å². The van der Waals surface area contributed by atoms with Gasteiger partial charge in [0, 0.05) is 25.7 Å². The van der Waals surface area contributed by atoms with Gasteiger partial charge in [0.15, 0.2) is 11.3 Å². The maximum atomic E-state index is 12.2. The fraction of sp³-hybridized carbons (Fsp3) is 0.643. The minimum Gasteiger partial charge on any atom is -0.444 e. The lowest BCUT2D eigenvalue weighted by Gasteiger charge is -2.40. The summed E-state index contributed by atoms with van der Waals surface area (Å²) in [6, 6.07) is 3.38. The molecule has 0 aliphatic carbocycles. The number of nitrogens with zero attached hydrogens (tertiary/aromatic N) is 4. The van der Waals surface area contributed by atoms with Crippen LogP contribution in [0.5, 0.6) is 0 Å². The summed E-state index contributed by atoms with van der Waals surface area (Å²) in [6.45, 7) is 9.37. The Morgan fingerprint density at radius 2 is 2.13 bits per heavy atom. The molecule has 128 valence electrons. The largest absolute Gasteiger partial charge is 0.444 e. The zero-order valence-corrected chi connectivity index (χ0v) is 14.0. The normalized spacial score (nSPS) is 18.7. The van der Waals surface area contributed by atoms with Crippen LogP contribution in [0.1, 0.15) is 27.7 Å². The minimum atomic E-state index is -0.502. The quantitative estimate of drug-likeness (QED) is 0.530. The van der Waals surface area contributed by atoms with E-state index in [-0.39, 0.29) is 17.6 Å². The van der Waals surface area contributed by atoms with Crippen LogP contribution in [0.15, 0.2) is 12.1 Å². The molecule has 23 heavy (non-hydrogen) atoms. The van der Waals surface area contributed by atoms with Gasteiger partial charge in [-0.05, 0) is 39.8 Å². The summed E-state index contributed by atoms with van der Waals surface area (Å²) in [4.78, 5) is 17.2. The summed E-state index contributed by atoms with van der Waals surface area (Å²) < 4.78 is 5.44. The summed E-state index contributed by atoms with van der Waals surface area (Å²) in [6.07, 6.45) is -0.294. The van der Waals surface area contributed by atoms with Crippen molar-refractivity contribution >= 4 is 11.9 Å². The first kappa shape index (κ1) is 17.1. The Morgan fingerprint density at radius 1 is 1.43 bits per heavy atom. The number of rotatable bonds is 2. The Kier molecular flexibility index (Phi) is 4.79. The van der Waals surface area contributed by atoms with E-state index < -0.39 is 5.60 Å². The maximum absolute atomic E-state index is 12.2. The first-order chi connectivity index (χ1) is 10.7. The van der Waals surface area contributed by atoms with Crippen LogP contribution in [0.2, 0.25) is 0 Å². The van der Waals surface area contributed by atoms with E-state index in [1.165, 1.54) is 4.79 Å². The Hall–Kier alpha value is -2.29. The molecule has 1 aliphatic rings. The van der Waals surface area contributed by atoms with Crippen molar-refractivity contribution in [2.24, 2.45) is 5.84 Å². The smallest absolute Gasteiger partial charge is 0.410 e. The fourth-order valence-electron chi connectivity index (χ4n) is 2.44. The standard InChI is InChI=1S/C14H25N7O2/c1-10-9-19(12-6-5-11(15)21(17-12)18-16)7-8-20(10)13(22)23-14(2,3)4/h5-6,10,15,18H,7-9,16H2,1-4H3/t10-/m0/s1. The van der Waals surface area contributed by atoms with Gasteiger partial charge in [-0.2, -0.15) is 0 Å².